The van der Waals surface area contributed by atoms with Crippen LogP contribution in [0.5, 0.6) is 0 Å². The molecule has 4 heteroatoms. The summed E-state index contributed by atoms with van der Waals surface area (Å²) in [5.74, 6) is 0.585. The molecule has 0 saturated carbocycles. The Morgan fingerprint density at radius 3 is 2.72 bits per heavy atom. The van der Waals surface area contributed by atoms with Gasteiger partial charge in [0, 0.05) is 45.3 Å². The molecule has 1 amide bonds. The Labute approximate surface area is 111 Å². The number of carbonyl (C=O) groups is 1. The Balaban J connectivity index is 2.55. The normalized spacial score (nSPS) is 26.1. The van der Waals surface area contributed by atoms with Gasteiger partial charge in [-0.05, 0) is 18.8 Å². The summed E-state index contributed by atoms with van der Waals surface area (Å²) in [6.45, 7) is 8.83. The smallest absolute Gasteiger partial charge is 0.223 e. The maximum atomic E-state index is 12.4. The van der Waals surface area contributed by atoms with Crippen LogP contribution in [0.25, 0.3) is 0 Å². The molecule has 1 aliphatic heterocycles. The highest BCUT2D eigenvalue weighted by atomic mass is 16.5. The lowest BCUT2D eigenvalue weighted by molar-refractivity contribution is -0.136. The SMILES string of the molecule is CCC1CN(C(=O)CC(C)COC)C(CC)CN1. The number of piperazine rings is 1. The van der Waals surface area contributed by atoms with Gasteiger partial charge in [0.2, 0.25) is 5.91 Å². The van der Waals surface area contributed by atoms with Crippen molar-refractivity contribution in [2.75, 3.05) is 26.8 Å². The zero-order valence-electron chi connectivity index (χ0n) is 12.2. The highest BCUT2D eigenvalue weighted by Crippen LogP contribution is 2.15. The lowest BCUT2D eigenvalue weighted by atomic mass is 10.0. The van der Waals surface area contributed by atoms with Crippen LogP contribution < -0.4 is 5.32 Å². The molecule has 1 saturated heterocycles. The fourth-order valence-electron chi connectivity index (χ4n) is 2.57. The van der Waals surface area contributed by atoms with Crippen molar-refractivity contribution in [3.8, 4) is 0 Å². The summed E-state index contributed by atoms with van der Waals surface area (Å²) in [5.41, 5.74) is 0. The summed E-state index contributed by atoms with van der Waals surface area (Å²) >= 11 is 0. The van der Waals surface area contributed by atoms with Gasteiger partial charge in [0.25, 0.3) is 0 Å². The molecule has 4 nitrogen and oxygen atoms in total. The first kappa shape index (κ1) is 15.4. The minimum atomic E-state index is 0.284. The third-order valence-corrected chi connectivity index (χ3v) is 3.76. The molecule has 0 aliphatic carbocycles. The van der Waals surface area contributed by atoms with E-state index in [-0.39, 0.29) is 5.91 Å². The van der Waals surface area contributed by atoms with Crippen LogP contribution in [0.4, 0.5) is 0 Å². The maximum Gasteiger partial charge on any atom is 0.223 e. The molecule has 3 atom stereocenters. The summed E-state index contributed by atoms with van der Waals surface area (Å²) in [6.07, 6.45) is 2.70. The molecule has 0 aromatic heterocycles. The number of nitrogens with one attached hydrogen (secondary N) is 1. The Hall–Kier alpha value is -0.610. The second-order valence-corrected chi connectivity index (χ2v) is 5.39. The molecular formula is C14H28N2O2. The molecule has 0 bridgehead atoms. The van der Waals surface area contributed by atoms with E-state index in [0.29, 0.717) is 31.0 Å². The predicted octanol–water partition coefficient (Wildman–Crippen LogP) is 1.65. The lowest BCUT2D eigenvalue weighted by Crippen LogP contribution is -2.58. The summed E-state index contributed by atoms with van der Waals surface area (Å²) < 4.78 is 5.10. The first-order chi connectivity index (χ1) is 8.62. The van der Waals surface area contributed by atoms with Gasteiger partial charge in [-0.15, -0.1) is 0 Å². The molecule has 1 heterocycles. The lowest BCUT2D eigenvalue weighted by Gasteiger charge is -2.40. The van der Waals surface area contributed by atoms with Gasteiger partial charge in [0.15, 0.2) is 0 Å². The Bertz CT molecular complexity index is 258. The molecule has 0 radical (unpaired) electrons. The first-order valence-corrected chi connectivity index (χ1v) is 7.14. The van der Waals surface area contributed by atoms with E-state index in [2.05, 4.69) is 31.0 Å². The van der Waals surface area contributed by atoms with E-state index in [0.717, 1.165) is 25.9 Å². The van der Waals surface area contributed by atoms with Crippen LogP contribution in [0.1, 0.15) is 40.0 Å². The van der Waals surface area contributed by atoms with Crippen molar-refractivity contribution < 1.29 is 9.53 Å². The van der Waals surface area contributed by atoms with Gasteiger partial charge in [-0.2, -0.15) is 0 Å². The van der Waals surface area contributed by atoms with Gasteiger partial charge in [-0.1, -0.05) is 20.8 Å². The van der Waals surface area contributed by atoms with Crippen molar-refractivity contribution in [3.05, 3.63) is 0 Å². The van der Waals surface area contributed by atoms with Gasteiger partial charge >= 0.3 is 0 Å². The molecule has 1 rings (SSSR count). The van der Waals surface area contributed by atoms with E-state index in [4.69, 9.17) is 4.74 Å². The minimum Gasteiger partial charge on any atom is -0.384 e. The summed E-state index contributed by atoms with van der Waals surface area (Å²) in [4.78, 5) is 14.4. The number of hydrogen-bond acceptors (Lipinski definition) is 3. The second kappa shape index (κ2) is 7.74. The van der Waals surface area contributed by atoms with Gasteiger partial charge in [-0.25, -0.2) is 0 Å². The molecule has 1 fully saturated rings. The fourth-order valence-corrected chi connectivity index (χ4v) is 2.57. The van der Waals surface area contributed by atoms with Crippen LogP contribution in [-0.4, -0.2) is 49.7 Å². The number of rotatable bonds is 6. The molecule has 3 unspecified atom stereocenters. The number of nitrogens with zero attached hydrogens (tertiary/aromatic N) is 1. The topological polar surface area (TPSA) is 41.6 Å². The molecular weight excluding hydrogens is 228 g/mol. The molecule has 106 valence electrons. The van der Waals surface area contributed by atoms with Crippen LogP contribution in [0.2, 0.25) is 0 Å². The first-order valence-electron chi connectivity index (χ1n) is 7.14. The zero-order chi connectivity index (χ0) is 13.5. The Morgan fingerprint density at radius 2 is 2.17 bits per heavy atom. The van der Waals surface area contributed by atoms with Crippen LogP contribution in [0.15, 0.2) is 0 Å². The van der Waals surface area contributed by atoms with Crippen molar-refractivity contribution in [1.29, 1.82) is 0 Å². The zero-order valence-corrected chi connectivity index (χ0v) is 12.2. The number of hydrogen-bond donors (Lipinski definition) is 1. The molecule has 18 heavy (non-hydrogen) atoms. The summed E-state index contributed by atoms with van der Waals surface area (Å²) in [6, 6.07) is 0.810. The Morgan fingerprint density at radius 1 is 1.44 bits per heavy atom. The van der Waals surface area contributed by atoms with E-state index in [1.165, 1.54) is 0 Å². The average Bonchev–Trinajstić information content (AvgIpc) is 2.38. The molecule has 0 spiro atoms. The van der Waals surface area contributed by atoms with Crippen molar-refractivity contribution in [2.24, 2.45) is 5.92 Å². The van der Waals surface area contributed by atoms with Crippen molar-refractivity contribution in [3.63, 3.8) is 0 Å². The van der Waals surface area contributed by atoms with Gasteiger partial charge in [-0.3, -0.25) is 4.79 Å². The largest absolute Gasteiger partial charge is 0.384 e. The van der Waals surface area contributed by atoms with Crippen LogP contribution in [-0.2, 0) is 9.53 Å². The Kier molecular flexibility index (Phi) is 6.65. The summed E-state index contributed by atoms with van der Waals surface area (Å²) in [5, 5.41) is 3.51. The van der Waals surface area contributed by atoms with E-state index in [9.17, 15) is 4.79 Å². The number of ether oxygens (including phenoxy) is 1. The average molecular weight is 256 g/mol. The molecule has 1 N–H and O–H groups in total. The standard InChI is InChI=1S/C14H28N2O2/c1-5-12-9-16(13(6-2)8-15-12)14(17)7-11(3)10-18-4/h11-13,15H,5-10H2,1-4H3. The molecule has 1 aliphatic rings. The third kappa shape index (κ3) is 4.25. The van der Waals surface area contributed by atoms with E-state index < -0.39 is 0 Å². The predicted molar refractivity (Wildman–Crippen MR) is 73.5 cm³/mol. The van der Waals surface area contributed by atoms with Crippen LogP contribution in [0, 0.1) is 5.92 Å². The highest BCUT2D eigenvalue weighted by molar-refractivity contribution is 5.77. The van der Waals surface area contributed by atoms with Crippen LogP contribution in [0.3, 0.4) is 0 Å². The van der Waals surface area contributed by atoms with Gasteiger partial charge in [0.05, 0.1) is 0 Å². The number of carbonyl (C=O) groups excluding carboxylic acids is 1. The van der Waals surface area contributed by atoms with Gasteiger partial charge < -0.3 is 15.0 Å². The maximum absolute atomic E-state index is 12.4. The summed E-state index contributed by atoms with van der Waals surface area (Å²) in [7, 11) is 1.69. The highest BCUT2D eigenvalue weighted by Gasteiger charge is 2.29. The van der Waals surface area contributed by atoms with Crippen molar-refractivity contribution in [2.45, 2.75) is 52.1 Å². The monoisotopic (exact) mass is 256 g/mol. The van der Waals surface area contributed by atoms with Crippen molar-refractivity contribution >= 4 is 5.91 Å². The number of amides is 1. The van der Waals surface area contributed by atoms with E-state index in [1.807, 2.05) is 0 Å². The quantitative estimate of drug-likeness (QED) is 0.785. The second-order valence-electron chi connectivity index (χ2n) is 5.39. The van der Waals surface area contributed by atoms with Crippen LogP contribution >= 0.6 is 0 Å². The van der Waals surface area contributed by atoms with E-state index >= 15 is 0 Å². The minimum absolute atomic E-state index is 0.284. The van der Waals surface area contributed by atoms with Crippen molar-refractivity contribution in [1.82, 2.24) is 10.2 Å². The molecule has 0 aromatic carbocycles. The van der Waals surface area contributed by atoms with Gasteiger partial charge in [0.1, 0.15) is 0 Å². The van der Waals surface area contributed by atoms with E-state index in [1.54, 1.807) is 7.11 Å². The number of methoxy groups -OCH3 is 1. The third-order valence-electron chi connectivity index (χ3n) is 3.76. The fraction of sp³-hybridized carbons (Fsp3) is 0.929. The molecule has 0 aromatic rings.